The van der Waals surface area contributed by atoms with Gasteiger partial charge in [0.2, 0.25) is 0 Å². The number of rotatable bonds is 17. The number of aliphatic hydroxyl groups is 2. The second kappa shape index (κ2) is 15.8. The number of methoxy groups -OCH3 is 1. The molecule has 194 valence electrons. The van der Waals surface area contributed by atoms with Crippen LogP contribution in [0.4, 0.5) is 0 Å². The highest BCUT2D eigenvalue weighted by atomic mass is 16.5. The van der Waals surface area contributed by atoms with Crippen molar-refractivity contribution in [3.8, 4) is 18.1 Å². The van der Waals surface area contributed by atoms with Gasteiger partial charge in [-0.3, -0.25) is 4.79 Å². The lowest BCUT2D eigenvalue weighted by atomic mass is 9.87. The molecule has 0 spiro atoms. The molecule has 0 heterocycles. The maximum atomic E-state index is 12.4. The fourth-order valence-electron chi connectivity index (χ4n) is 4.73. The van der Waals surface area contributed by atoms with Gasteiger partial charge in [-0.05, 0) is 43.4 Å². The lowest BCUT2D eigenvalue weighted by Crippen LogP contribution is -2.25. The maximum Gasteiger partial charge on any atom is 0.139 e. The van der Waals surface area contributed by atoms with E-state index in [2.05, 4.69) is 12.8 Å². The smallest absolute Gasteiger partial charge is 0.139 e. The molecule has 5 heteroatoms. The zero-order valence-corrected chi connectivity index (χ0v) is 21.6. The number of Topliss-reactive ketones (excluding diaryl/α,β-unsaturated/α-hetero) is 1. The van der Waals surface area contributed by atoms with Crippen molar-refractivity contribution in [2.75, 3.05) is 13.7 Å². The highest BCUT2D eigenvalue weighted by Crippen LogP contribution is 2.34. The van der Waals surface area contributed by atoms with Gasteiger partial charge in [0.15, 0.2) is 0 Å². The Kier molecular flexibility index (Phi) is 13.1. The Morgan fingerprint density at radius 3 is 2.54 bits per heavy atom. The summed E-state index contributed by atoms with van der Waals surface area (Å²) in [4.78, 5) is 12.4. The van der Waals surface area contributed by atoms with Crippen LogP contribution in [0.5, 0.6) is 5.75 Å². The van der Waals surface area contributed by atoms with Crippen molar-refractivity contribution in [1.29, 1.82) is 0 Å². The standard InChI is InChI=1S/C30H44O5/c1-4-6-19-30(33,5-2)20-12-14-27-26(28(31)22-29(27)32)13-10-8-7-9-11-21-35-23-24-15-17-25(34-3)18-16-24/h2,12,14-18,26-27,29,32-33H,4,6-11,13,19-23H2,1,3H3/t26-,27-,29-,30?/m1/s1. The quantitative estimate of drug-likeness (QED) is 0.171. The molecule has 0 bridgehead atoms. The van der Waals surface area contributed by atoms with E-state index in [0.29, 0.717) is 19.4 Å². The van der Waals surface area contributed by atoms with E-state index in [1.54, 1.807) is 7.11 Å². The molecule has 2 N–H and O–H groups in total. The predicted molar refractivity (Wildman–Crippen MR) is 140 cm³/mol. The van der Waals surface area contributed by atoms with Gasteiger partial charge in [0.05, 0.1) is 19.8 Å². The van der Waals surface area contributed by atoms with Crippen molar-refractivity contribution in [2.45, 2.75) is 95.9 Å². The van der Waals surface area contributed by atoms with E-state index in [0.717, 1.165) is 69.3 Å². The maximum absolute atomic E-state index is 12.4. The zero-order chi connectivity index (χ0) is 25.5. The third kappa shape index (κ3) is 10.2. The van der Waals surface area contributed by atoms with Crippen LogP contribution in [0.3, 0.4) is 0 Å². The molecule has 0 saturated heterocycles. The monoisotopic (exact) mass is 484 g/mol. The molecule has 0 radical (unpaired) electrons. The minimum absolute atomic E-state index is 0.136. The Bertz CT molecular complexity index is 809. The van der Waals surface area contributed by atoms with E-state index in [4.69, 9.17) is 15.9 Å². The van der Waals surface area contributed by atoms with Crippen LogP contribution in [0.15, 0.2) is 36.4 Å². The summed E-state index contributed by atoms with van der Waals surface area (Å²) in [6.07, 6.45) is 17.8. The molecule has 4 atom stereocenters. The van der Waals surface area contributed by atoms with Gasteiger partial charge in [-0.25, -0.2) is 0 Å². The highest BCUT2D eigenvalue weighted by Gasteiger charge is 2.39. The summed E-state index contributed by atoms with van der Waals surface area (Å²) in [7, 11) is 1.66. The number of hydrogen-bond donors (Lipinski definition) is 2. The van der Waals surface area contributed by atoms with Crippen molar-refractivity contribution >= 4 is 5.78 Å². The average molecular weight is 485 g/mol. The summed E-state index contributed by atoms with van der Waals surface area (Å²) in [5, 5.41) is 20.9. The average Bonchev–Trinajstić information content (AvgIpc) is 3.13. The van der Waals surface area contributed by atoms with Gasteiger partial charge in [-0.15, -0.1) is 6.42 Å². The molecule has 0 aliphatic heterocycles. The molecule has 0 amide bonds. The van der Waals surface area contributed by atoms with Crippen LogP contribution < -0.4 is 4.74 Å². The first kappa shape index (κ1) is 29.1. The lowest BCUT2D eigenvalue weighted by Gasteiger charge is -2.21. The normalized spacial score (nSPS) is 21.8. The first-order valence-electron chi connectivity index (χ1n) is 13.2. The minimum atomic E-state index is -1.14. The fraction of sp³-hybridized carbons (Fsp3) is 0.633. The predicted octanol–water partition coefficient (Wildman–Crippen LogP) is 5.62. The number of terminal acetylenes is 1. The van der Waals surface area contributed by atoms with Crippen LogP contribution in [0.1, 0.15) is 83.1 Å². The second-order valence-electron chi connectivity index (χ2n) is 9.79. The number of unbranched alkanes of at least 4 members (excludes halogenated alkanes) is 5. The van der Waals surface area contributed by atoms with Crippen molar-refractivity contribution in [1.82, 2.24) is 0 Å². The molecule has 1 aliphatic carbocycles. The molecule has 1 fully saturated rings. The first-order valence-corrected chi connectivity index (χ1v) is 13.2. The van der Waals surface area contributed by atoms with E-state index >= 15 is 0 Å². The Balaban J connectivity index is 1.63. The third-order valence-corrected chi connectivity index (χ3v) is 6.99. The third-order valence-electron chi connectivity index (χ3n) is 6.99. The Hall–Kier alpha value is -2.13. The number of ether oxygens (including phenoxy) is 2. The topological polar surface area (TPSA) is 76.0 Å². The molecule has 1 unspecified atom stereocenters. The van der Waals surface area contributed by atoms with Gasteiger partial charge in [0, 0.05) is 31.3 Å². The van der Waals surface area contributed by atoms with Gasteiger partial charge < -0.3 is 19.7 Å². The van der Waals surface area contributed by atoms with Crippen LogP contribution in [0.2, 0.25) is 0 Å². The fourth-order valence-corrected chi connectivity index (χ4v) is 4.73. The highest BCUT2D eigenvalue weighted by molar-refractivity contribution is 5.84. The number of ketones is 1. The van der Waals surface area contributed by atoms with Gasteiger partial charge in [0.25, 0.3) is 0 Å². The first-order chi connectivity index (χ1) is 16.9. The Morgan fingerprint density at radius 2 is 1.86 bits per heavy atom. The van der Waals surface area contributed by atoms with E-state index in [1.807, 2.05) is 36.4 Å². The molecule has 5 nitrogen and oxygen atoms in total. The number of carbonyl (C=O) groups excluding carboxylic acids is 1. The number of hydrogen-bond acceptors (Lipinski definition) is 5. The largest absolute Gasteiger partial charge is 0.497 e. The molecule has 2 rings (SSSR count). The molecule has 1 saturated carbocycles. The van der Waals surface area contributed by atoms with Crippen LogP contribution in [-0.2, 0) is 16.1 Å². The van der Waals surface area contributed by atoms with Crippen LogP contribution in [0, 0.1) is 24.2 Å². The number of carbonyl (C=O) groups is 1. The molecule has 0 aromatic heterocycles. The van der Waals surface area contributed by atoms with Crippen LogP contribution in [0.25, 0.3) is 0 Å². The summed E-state index contributed by atoms with van der Waals surface area (Å²) in [5.74, 6) is 3.20. The number of benzene rings is 1. The van der Waals surface area contributed by atoms with Crippen molar-refractivity contribution < 1.29 is 24.5 Å². The van der Waals surface area contributed by atoms with E-state index in [9.17, 15) is 15.0 Å². The second-order valence-corrected chi connectivity index (χ2v) is 9.79. The Morgan fingerprint density at radius 1 is 1.14 bits per heavy atom. The Labute approximate surface area is 211 Å². The van der Waals surface area contributed by atoms with Gasteiger partial charge >= 0.3 is 0 Å². The van der Waals surface area contributed by atoms with Crippen molar-refractivity contribution in [2.24, 2.45) is 11.8 Å². The molecule has 1 aromatic rings. The SMILES string of the molecule is C#CC(O)(CC=C[C@H]1[C@H](O)CC(=O)[C@@H]1CCCCCCCOCc1ccc(OC)cc1)CCCC. The molecule has 1 aliphatic rings. The van der Waals surface area contributed by atoms with E-state index in [1.165, 1.54) is 0 Å². The van der Waals surface area contributed by atoms with Gasteiger partial charge in [-0.2, -0.15) is 0 Å². The summed E-state index contributed by atoms with van der Waals surface area (Å²) in [6, 6.07) is 7.92. The van der Waals surface area contributed by atoms with Crippen molar-refractivity contribution in [3.05, 3.63) is 42.0 Å². The van der Waals surface area contributed by atoms with E-state index in [-0.39, 0.29) is 24.0 Å². The van der Waals surface area contributed by atoms with Crippen LogP contribution in [-0.4, -0.2) is 41.4 Å². The summed E-state index contributed by atoms with van der Waals surface area (Å²) in [6.45, 7) is 3.42. The summed E-state index contributed by atoms with van der Waals surface area (Å²) in [5.41, 5.74) is -0.00348. The van der Waals surface area contributed by atoms with Crippen molar-refractivity contribution in [3.63, 3.8) is 0 Å². The summed E-state index contributed by atoms with van der Waals surface area (Å²) >= 11 is 0. The van der Waals surface area contributed by atoms with Gasteiger partial charge in [-0.1, -0.05) is 69.2 Å². The van der Waals surface area contributed by atoms with Crippen LogP contribution >= 0.6 is 0 Å². The lowest BCUT2D eigenvalue weighted by molar-refractivity contribution is -0.121. The minimum Gasteiger partial charge on any atom is -0.497 e. The molecule has 35 heavy (non-hydrogen) atoms. The molecular weight excluding hydrogens is 440 g/mol. The molecule has 1 aromatic carbocycles. The molecular formula is C30H44O5. The zero-order valence-electron chi connectivity index (χ0n) is 21.6. The number of aliphatic hydroxyl groups excluding tert-OH is 1. The van der Waals surface area contributed by atoms with Gasteiger partial charge in [0.1, 0.15) is 17.1 Å². The summed E-state index contributed by atoms with van der Waals surface area (Å²) < 4.78 is 10.9. The van der Waals surface area contributed by atoms with E-state index < -0.39 is 11.7 Å².